The lowest BCUT2D eigenvalue weighted by molar-refractivity contribution is -0.135. The summed E-state index contributed by atoms with van der Waals surface area (Å²) in [6.07, 6.45) is 4.56. The summed E-state index contributed by atoms with van der Waals surface area (Å²) in [5.74, 6) is 0.951. The van der Waals surface area contributed by atoms with Crippen molar-refractivity contribution in [3.63, 3.8) is 0 Å². The Hall–Kier alpha value is -9.03. The Morgan fingerprint density at radius 1 is 0.454 bits per heavy atom. The van der Waals surface area contributed by atoms with E-state index >= 15 is 0 Å². The first-order chi connectivity index (χ1) is 46.2. The number of ether oxygens (including phenoxy) is 2. The fraction of sp³-hybridized carbons (Fsp3) is 0.319. The van der Waals surface area contributed by atoms with Crippen LogP contribution in [0.5, 0.6) is 0 Å². The second-order valence-electron chi connectivity index (χ2n) is 25.1. The quantitative estimate of drug-likeness (QED) is 0.0424. The van der Waals surface area contributed by atoms with Gasteiger partial charge in [-0.15, -0.1) is 0 Å². The lowest BCUT2D eigenvalue weighted by atomic mass is 10.0. The number of benzene rings is 6. The number of fused-ring (bicyclic) bond motifs is 3. The summed E-state index contributed by atoms with van der Waals surface area (Å²) in [6.45, 7) is 17.8. The molecule has 0 spiro atoms. The minimum absolute atomic E-state index is 0.0330. The van der Waals surface area contributed by atoms with Crippen molar-refractivity contribution in [1.82, 2.24) is 44.0 Å². The molecule has 12 rings (SSSR count). The maximum Gasteiger partial charge on any atom is 0.379 e. The van der Waals surface area contributed by atoms with E-state index in [1.165, 1.54) is 65.6 Å². The number of hydrogen-bond acceptors (Lipinski definition) is 13. The van der Waals surface area contributed by atoms with Crippen LogP contribution in [-0.4, -0.2) is 175 Å². The second kappa shape index (κ2) is 30.2. The highest BCUT2D eigenvalue weighted by Gasteiger charge is 2.37. The van der Waals surface area contributed by atoms with Crippen molar-refractivity contribution in [3.8, 4) is 0 Å². The molecule has 3 aliphatic heterocycles. The predicted molar refractivity (Wildman–Crippen MR) is 367 cm³/mol. The van der Waals surface area contributed by atoms with Crippen LogP contribution in [0.4, 0.5) is 13.2 Å². The van der Waals surface area contributed by atoms with Crippen LogP contribution in [0.2, 0.25) is 15.1 Å². The molecular formula is C72H74Cl3F3N10O9. The Morgan fingerprint density at radius 3 is 1.24 bits per heavy atom. The van der Waals surface area contributed by atoms with Gasteiger partial charge >= 0.3 is 11.9 Å². The van der Waals surface area contributed by atoms with E-state index in [2.05, 4.69) is 48.0 Å². The largest absolute Gasteiger partial charge is 0.463 e. The second-order valence-corrected chi connectivity index (χ2v) is 26.3. The number of carbonyl (C=O) groups is 7. The summed E-state index contributed by atoms with van der Waals surface area (Å²) in [4.78, 5) is 107. The van der Waals surface area contributed by atoms with Gasteiger partial charge in [0.15, 0.2) is 0 Å². The van der Waals surface area contributed by atoms with Crippen LogP contribution in [0.3, 0.4) is 0 Å². The molecule has 19 nitrogen and oxygen atoms in total. The van der Waals surface area contributed by atoms with Gasteiger partial charge in [0, 0.05) is 141 Å². The molecule has 0 radical (unpaired) electrons. The summed E-state index contributed by atoms with van der Waals surface area (Å²) in [5, 5.41) is 2.66. The summed E-state index contributed by atoms with van der Waals surface area (Å²) >= 11 is 19.3. The Balaban J connectivity index is 0.000000159. The highest BCUT2D eigenvalue weighted by molar-refractivity contribution is 6.44. The summed E-state index contributed by atoms with van der Waals surface area (Å²) < 4.78 is 49.9. The average molecular weight is 1390 g/mol. The molecule has 0 bridgehead atoms. The van der Waals surface area contributed by atoms with Crippen LogP contribution in [0.25, 0.3) is 32.7 Å². The van der Waals surface area contributed by atoms with Gasteiger partial charge in [-0.3, -0.25) is 43.3 Å². The molecule has 6 heterocycles. The third-order valence-electron chi connectivity index (χ3n) is 18.3. The minimum Gasteiger partial charge on any atom is -0.463 e. The van der Waals surface area contributed by atoms with Gasteiger partial charge in [0.25, 0.3) is 29.3 Å². The van der Waals surface area contributed by atoms with Crippen LogP contribution in [0.1, 0.15) is 110 Å². The van der Waals surface area contributed by atoms with Crippen LogP contribution >= 0.6 is 34.8 Å². The zero-order valence-corrected chi connectivity index (χ0v) is 56.9. The topological polar surface area (TPSA) is 220 Å². The molecule has 3 fully saturated rings. The summed E-state index contributed by atoms with van der Waals surface area (Å²) in [5.41, 5.74) is 6.12. The van der Waals surface area contributed by atoms with Crippen LogP contribution in [-0.2, 0) is 38.7 Å². The number of piperazine rings is 3. The third-order valence-corrected chi connectivity index (χ3v) is 19.2. The van der Waals surface area contributed by atoms with E-state index in [9.17, 15) is 46.7 Å². The number of aromatic amines is 2. The van der Waals surface area contributed by atoms with Gasteiger partial charge in [-0.05, 0) is 137 Å². The highest BCUT2D eigenvalue weighted by Crippen LogP contribution is 2.34. The SMILES string of the molecule is COC(=O)C(=O)c1c[nH]c2cc(Cl)c(C(=O)N3C[C@H](C)N(Cc4ccc(F)cc4)C[C@H]3C)cc12.COC(=O)C(=O)c1cn(N)c2cc(Cl)c(C(=O)N3C[C@H](C)N(Cc4ccc(F)cc4)C[C@H]3C)cc12.C[C@@H]1CN(Cc2ccc(F)cc2)[C@@H](C)CN1C(=O)c1cc2cc[nH]c2cc1Cl. The fourth-order valence-corrected chi connectivity index (χ4v) is 13.5. The van der Waals surface area contributed by atoms with E-state index in [0.29, 0.717) is 78.2 Å². The Labute approximate surface area is 573 Å². The number of methoxy groups -OCH3 is 2. The average Bonchev–Trinajstić information content (AvgIpc) is 1.74. The number of nitrogens with one attached hydrogen (secondary N) is 2. The molecule has 3 aliphatic rings. The minimum atomic E-state index is -1.03. The van der Waals surface area contributed by atoms with Gasteiger partial charge in [0.1, 0.15) is 17.5 Å². The smallest absolute Gasteiger partial charge is 0.379 e. The zero-order chi connectivity index (χ0) is 69.8. The van der Waals surface area contributed by atoms with E-state index in [4.69, 9.17) is 40.6 Å². The van der Waals surface area contributed by atoms with Crippen LogP contribution in [0.15, 0.2) is 134 Å². The van der Waals surface area contributed by atoms with E-state index in [0.717, 1.165) is 54.9 Å². The van der Waals surface area contributed by atoms with Gasteiger partial charge in [-0.2, -0.15) is 0 Å². The van der Waals surface area contributed by atoms with E-state index in [1.807, 2.05) is 69.1 Å². The van der Waals surface area contributed by atoms with E-state index < -0.39 is 23.5 Å². The van der Waals surface area contributed by atoms with Crippen molar-refractivity contribution >= 4 is 109 Å². The number of esters is 2. The molecule has 4 N–H and O–H groups in total. The van der Waals surface area contributed by atoms with Crippen LogP contribution < -0.4 is 5.84 Å². The monoisotopic (exact) mass is 1380 g/mol. The number of rotatable bonds is 13. The lowest BCUT2D eigenvalue weighted by Gasteiger charge is -2.44. The van der Waals surface area contributed by atoms with Gasteiger partial charge in [0.2, 0.25) is 0 Å². The molecule has 0 aliphatic carbocycles. The Morgan fingerprint density at radius 2 is 0.825 bits per heavy atom. The number of nitrogens with zero attached hydrogens (tertiary/aromatic N) is 7. The molecular weight excluding hydrogens is 1310 g/mol. The maximum atomic E-state index is 13.6. The number of aromatic nitrogens is 3. The fourth-order valence-electron chi connectivity index (χ4n) is 12.8. The Bertz CT molecular complexity index is 4450. The first-order valence-corrected chi connectivity index (χ1v) is 32.7. The molecule has 6 aromatic carbocycles. The number of halogens is 6. The molecule has 0 unspecified atom stereocenters. The van der Waals surface area contributed by atoms with Crippen molar-refractivity contribution in [3.05, 3.63) is 211 Å². The van der Waals surface area contributed by atoms with Gasteiger partial charge in [0.05, 0.1) is 62.6 Å². The predicted octanol–water partition coefficient (Wildman–Crippen LogP) is 12.0. The number of nitrogens with two attached hydrogens (primary N) is 1. The summed E-state index contributed by atoms with van der Waals surface area (Å²) in [6, 6.07) is 31.3. The van der Waals surface area contributed by atoms with Crippen LogP contribution in [0, 0.1) is 17.5 Å². The van der Waals surface area contributed by atoms with Crippen molar-refractivity contribution < 1.29 is 56.2 Å². The standard InChI is InChI=1S/C25H26ClFN4O4.C25H25ClFN3O4.C22H23ClFN3O/c1-14-11-30(15(2)10-29(14)12-16-4-6-17(27)7-5-16)24(33)19-8-18-20(23(32)25(34)35-3)13-31(28)22(18)9-21(19)26;1-14-12-30(15(2)11-29(14)13-16-4-6-17(27)7-5-16)24(32)19-8-18-20(23(31)25(33)34-3)10-28-22(18)9-21(19)26;1-14-12-27(15(2)11-26(14)13-16-3-5-18(24)6-4-16)22(28)19-9-17-7-8-25-21(17)10-20(19)23/h4-9,13-15H,10-12,28H2,1-3H3;4-10,14-15,28H,11-13H2,1-3H3;3-10,14-15,25H,11-13H2,1-2H3/t3*14-,15+/m000/s1. The van der Waals surface area contributed by atoms with E-state index in [-0.39, 0.29) is 104 Å². The molecule has 508 valence electrons. The maximum absolute atomic E-state index is 13.6. The molecule has 25 heteroatoms. The molecule has 6 atom stereocenters. The van der Waals surface area contributed by atoms with Crippen molar-refractivity contribution in [2.45, 2.75) is 97.4 Å². The first-order valence-electron chi connectivity index (χ1n) is 31.5. The van der Waals surface area contributed by atoms with Gasteiger partial charge in [-0.25, -0.2) is 22.8 Å². The van der Waals surface area contributed by atoms with Crippen molar-refractivity contribution in [1.29, 1.82) is 0 Å². The molecule has 0 saturated carbocycles. The number of nitrogen functional groups attached to an aromatic ring is 1. The number of carbonyl (C=O) groups excluding carboxylic acids is 7. The molecule has 3 saturated heterocycles. The number of hydrogen-bond donors (Lipinski definition) is 3. The number of H-pyrrole nitrogens is 2. The summed E-state index contributed by atoms with van der Waals surface area (Å²) in [7, 11) is 2.26. The van der Waals surface area contributed by atoms with E-state index in [1.54, 1.807) is 46.2 Å². The van der Waals surface area contributed by atoms with Crippen molar-refractivity contribution in [2.75, 3.05) is 59.3 Å². The number of amides is 3. The van der Waals surface area contributed by atoms with Gasteiger partial charge < -0.3 is 40.0 Å². The molecule has 9 aromatic rings. The molecule has 3 amide bonds. The number of Topliss-reactive ketones (excluding diaryl/α,β-unsaturated/α-hetero) is 2. The zero-order valence-electron chi connectivity index (χ0n) is 54.7. The van der Waals surface area contributed by atoms with Crippen molar-refractivity contribution in [2.24, 2.45) is 0 Å². The third kappa shape index (κ3) is 15.7. The first kappa shape index (κ1) is 70.8. The lowest BCUT2D eigenvalue weighted by Crippen LogP contribution is -2.57. The van der Waals surface area contributed by atoms with Gasteiger partial charge in [-0.1, -0.05) is 71.2 Å². The Kier molecular flexibility index (Phi) is 22.0. The number of ketones is 2. The highest BCUT2D eigenvalue weighted by atomic mass is 35.5. The molecule has 3 aromatic heterocycles. The molecule has 97 heavy (non-hydrogen) atoms. The normalized spacial score (nSPS) is 19.3.